The summed E-state index contributed by atoms with van der Waals surface area (Å²) in [5.41, 5.74) is 1.55. The Hall–Kier alpha value is -1.85. The molecule has 0 radical (unpaired) electrons. The Labute approximate surface area is 136 Å². The van der Waals surface area contributed by atoms with Crippen LogP contribution in [0.15, 0.2) is 29.3 Å². The van der Waals surface area contributed by atoms with Crippen molar-refractivity contribution in [2.75, 3.05) is 0 Å². The minimum atomic E-state index is -0.0801. The van der Waals surface area contributed by atoms with Crippen LogP contribution in [0.1, 0.15) is 18.7 Å². The number of hydrogen-bond donors (Lipinski definition) is 0. The van der Waals surface area contributed by atoms with E-state index in [1.165, 1.54) is 0 Å². The summed E-state index contributed by atoms with van der Waals surface area (Å²) in [6.07, 6.45) is 4.45. The van der Waals surface area contributed by atoms with Crippen LogP contribution in [0.4, 0.5) is 0 Å². The monoisotopic (exact) mass is 334 g/mol. The van der Waals surface area contributed by atoms with E-state index in [0.29, 0.717) is 33.4 Å². The summed E-state index contributed by atoms with van der Waals surface area (Å²) in [7, 11) is 0. The molecule has 112 valence electrons. The Morgan fingerprint density at radius 3 is 2.86 bits per heavy atom. The third-order valence-electron chi connectivity index (χ3n) is 3.94. The van der Waals surface area contributed by atoms with Gasteiger partial charge in [-0.15, -0.1) is 0 Å². The fourth-order valence-corrected chi connectivity index (χ4v) is 3.35. The van der Waals surface area contributed by atoms with Gasteiger partial charge < -0.3 is 0 Å². The highest BCUT2D eigenvalue weighted by molar-refractivity contribution is 6.35. The lowest BCUT2D eigenvalue weighted by Gasteiger charge is -2.17. The number of aromatic nitrogens is 4. The van der Waals surface area contributed by atoms with Crippen molar-refractivity contribution in [3.05, 3.63) is 50.7 Å². The molecule has 5 nitrogen and oxygen atoms in total. The van der Waals surface area contributed by atoms with Crippen LogP contribution in [0, 0.1) is 0 Å². The molecule has 0 saturated carbocycles. The lowest BCUT2D eigenvalue weighted by molar-refractivity contribution is 0.500. The fraction of sp³-hybridized carbons (Fsp3) is 0.267. The van der Waals surface area contributed by atoms with Crippen LogP contribution >= 0.6 is 23.2 Å². The summed E-state index contributed by atoms with van der Waals surface area (Å²) >= 11 is 12.2. The minimum Gasteiger partial charge on any atom is -0.295 e. The predicted molar refractivity (Wildman–Crippen MR) is 86.1 cm³/mol. The minimum absolute atomic E-state index is 0.0801. The maximum Gasteiger partial charge on any atom is 0.281 e. The summed E-state index contributed by atoms with van der Waals surface area (Å²) in [5, 5.41) is 1.05. The Balaban J connectivity index is 2.00. The molecule has 2 aromatic heterocycles. The zero-order valence-corrected chi connectivity index (χ0v) is 13.1. The fourth-order valence-electron chi connectivity index (χ4n) is 2.85. The van der Waals surface area contributed by atoms with Gasteiger partial charge in [0.25, 0.3) is 5.56 Å². The average molecular weight is 335 g/mol. The molecule has 22 heavy (non-hydrogen) atoms. The number of aryl methyl sites for hydroxylation is 1. The summed E-state index contributed by atoms with van der Waals surface area (Å²) in [6, 6.07) is 5.21. The molecule has 0 spiro atoms. The van der Waals surface area contributed by atoms with E-state index in [-0.39, 0.29) is 5.56 Å². The maximum absolute atomic E-state index is 12.5. The maximum atomic E-state index is 12.5. The van der Waals surface area contributed by atoms with Crippen molar-refractivity contribution in [1.82, 2.24) is 19.1 Å². The molecule has 0 atom stereocenters. The molecule has 1 aromatic carbocycles. The van der Waals surface area contributed by atoms with Crippen LogP contribution in [0.3, 0.4) is 0 Å². The van der Waals surface area contributed by atoms with Gasteiger partial charge in [0.2, 0.25) is 0 Å². The van der Waals surface area contributed by atoms with Gasteiger partial charge in [-0.2, -0.15) is 0 Å². The first-order valence-corrected chi connectivity index (χ1v) is 7.83. The zero-order valence-electron chi connectivity index (χ0n) is 11.6. The Bertz CT molecular complexity index is 945. The zero-order chi connectivity index (χ0) is 15.3. The normalized spacial score (nSPS) is 14.3. The number of rotatable bonds is 1. The summed E-state index contributed by atoms with van der Waals surface area (Å²) in [5.74, 6) is 0.815. The number of halogens is 2. The van der Waals surface area contributed by atoms with Crippen molar-refractivity contribution in [3.63, 3.8) is 0 Å². The van der Waals surface area contributed by atoms with E-state index < -0.39 is 0 Å². The first-order valence-electron chi connectivity index (χ1n) is 7.07. The van der Waals surface area contributed by atoms with Crippen molar-refractivity contribution < 1.29 is 0 Å². The van der Waals surface area contributed by atoms with Gasteiger partial charge in [0, 0.05) is 18.0 Å². The van der Waals surface area contributed by atoms with Crippen LogP contribution in [-0.2, 0) is 13.0 Å². The van der Waals surface area contributed by atoms with E-state index >= 15 is 0 Å². The third kappa shape index (κ3) is 2.04. The van der Waals surface area contributed by atoms with E-state index in [2.05, 4.69) is 9.97 Å². The van der Waals surface area contributed by atoms with Gasteiger partial charge in [0.1, 0.15) is 12.2 Å². The van der Waals surface area contributed by atoms with E-state index in [1.807, 2.05) is 0 Å². The van der Waals surface area contributed by atoms with Crippen molar-refractivity contribution in [2.24, 2.45) is 0 Å². The quantitative estimate of drug-likeness (QED) is 0.686. The van der Waals surface area contributed by atoms with Crippen LogP contribution in [0.5, 0.6) is 0 Å². The molecular weight excluding hydrogens is 323 g/mol. The molecular formula is C15H12Cl2N4O. The Morgan fingerprint density at radius 2 is 2.05 bits per heavy atom. The lowest BCUT2D eigenvalue weighted by atomic mass is 10.1. The molecule has 0 unspecified atom stereocenters. The topological polar surface area (TPSA) is 52.7 Å². The van der Waals surface area contributed by atoms with Crippen molar-refractivity contribution in [2.45, 2.75) is 25.8 Å². The smallest absolute Gasteiger partial charge is 0.281 e. The second-order valence-corrected chi connectivity index (χ2v) is 6.17. The molecule has 0 saturated heterocycles. The van der Waals surface area contributed by atoms with Crippen molar-refractivity contribution >= 4 is 34.4 Å². The van der Waals surface area contributed by atoms with E-state index in [1.54, 1.807) is 33.7 Å². The number of nitrogens with zero attached hydrogens (tertiary/aromatic N) is 4. The first kappa shape index (κ1) is 13.8. The SMILES string of the molecule is O=c1c2ncn(-c3ccc(Cl)cc3Cl)c2nc2n1CCCC2. The van der Waals surface area contributed by atoms with Gasteiger partial charge in [-0.05, 0) is 31.0 Å². The third-order valence-corrected chi connectivity index (χ3v) is 4.48. The predicted octanol–water partition coefficient (Wildman–Crippen LogP) is 3.23. The van der Waals surface area contributed by atoms with Crippen LogP contribution in [-0.4, -0.2) is 19.1 Å². The largest absolute Gasteiger partial charge is 0.295 e. The summed E-state index contributed by atoms with van der Waals surface area (Å²) in [6.45, 7) is 0.714. The first-order chi connectivity index (χ1) is 10.6. The molecule has 0 bridgehead atoms. The molecule has 0 amide bonds. The molecule has 1 aliphatic rings. The molecule has 0 aliphatic carbocycles. The van der Waals surface area contributed by atoms with Crippen molar-refractivity contribution in [1.29, 1.82) is 0 Å². The molecule has 3 heterocycles. The van der Waals surface area contributed by atoms with Gasteiger partial charge >= 0.3 is 0 Å². The molecule has 3 aromatic rings. The Morgan fingerprint density at radius 1 is 1.18 bits per heavy atom. The highest BCUT2D eigenvalue weighted by atomic mass is 35.5. The van der Waals surface area contributed by atoms with Gasteiger partial charge in [-0.1, -0.05) is 23.2 Å². The highest BCUT2D eigenvalue weighted by Gasteiger charge is 2.19. The van der Waals surface area contributed by atoms with Crippen LogP contribution < -0.4 is 5.56 Å². The van der Waals surface area contributed by atoms with Crippen molar-refractivity contribution in [3.8, 4) is 5.69 Å². The summed E-state index contributed by atoms with van der Waals surface area (Å²) < 4.78 is 3.47. The van der Waals surface area contributed by atoms with E-state index in [4.69, 9.17) is 23.2 Å². The van der Waals surface area contributed by atoms with Gasteiger partial charge in [-0.3, -0.25) is 13.9 Å². The molecule has 0 N–H and O–H groups in total. The van der Waals surface area contributed by atoms with Crippen LogP contribution in [0.2, 0.25) is 10.0 Å². The van der Waals surface area contributed by atoms with Gasteiger partial charge in [0.15, 0.2) is 11.2 Å². The van der Waals surface area contributed by atoms with Gasteiger partial charge in [0.05, 0.1) is 10.7 Å². The molecule has 7 heteroatoms. The lowest BCUT2D eigenvalue weighted by Crippen LogP contribution is -2.28. The molecule has 1 aliphatic heterocycles. The number of fused-ring (bicyclic) bond motifs is 2. The number of benzene rings is 1. The second-order valence-electron chi connectivity index (χ2n) is 5.32. The highest BCUT2D eigenvalue weighted by Crippen LogP contribution is 2.26. The average Bonchev–Trinajstić information content (AvgIpc) is 2.92. The summed E-state index contributed by atoms with van der Waals surface area (Å²) in [4.78, 5) is 21.4. The second kappa shape index (κ2) is 5.11. The van der Waals surface area contributed by atoms with Crippen LogP contribution in [0.25, 0.3) is 16.9 Å². The van der Waals surface area contributed by atoms with E-state index in [0.717, 1.165) is 25.1 Å². The number of hydrogen-bond acceptors (Lipinski definition) is 3. The number of imidazole rings is 1. The van der Waals surface area contributed by atoms with Gasteiger partial charge in [-0.25, -0.2) is 9.97 Å². The standard InChI is InChI=1S/C15H12Cl2N4O/c16-9-4-5-11(10(17)7-9)21-8-18-13-14(21)19-12-3-1-2-6-20(12)15(13)22/h4-5,7-8H,1-3,6H2. The molecule has 4 rings (SSSR count). The van der Waals surface area contributed by atoms with E-state index in [9.17, 15) is 4.79 Å². The molecule has 0 fully saturated rings. The Kier molecular flexibility index (Phi) is 3.20.